The zero-order valence-electron chi connectivity index (χ0n) is 19.9. The zero-order valence-corrected chi connectivity index (χ0v) is 20.7. The maximum absolute atomic E-state index is 13.0. The van der Waals surface area contributed by atoms with Crippen LogP contribution in [0.15, 0.2) is 42.5 Å². The molecule has 1 fully saturated rings. The summed E-state index contributed by atoms with van der Waals surface area (Å²) in [5.74, 6) is -0.594. The number of rotatable bonds is 8. The van der Waals surface area contributed by atoms with E-state index in [0.717, 1.165) is 0 Å². The largest absolute Gasteiger partial charge is 0.484 e. The van der Waals surface area contributed by atoms with Crippen molar-refractivity contribution in [3.63, 3.8) is 0 Å². The summed E-state index contributed by atoms with van der Waals surface area (Å²) in [4.78, 5) is 53.4. The molecule has 9 nitrogen and oxygen atoms in total. The number of Topliss-reactive ketones (excluding diaryl/α,β-unsaturated/α-hetero) is 1. The molecule has 0 spiro atoms. The van der Waals surface area contributed by atoms with E-state index >= 15 is 0 Å². The Kier molecular flexibility index (Phi) is 8.10. The second-order valence-electron chi connectivity index (χ2n) is 8.50. The molecule has 2 amide bonds. The van der Waals surface area contributed by atoms with Gasteiger partial charge in [-0.1, -0.05) is 23.7 Å². The Morgan fingerprint density at radius 3 is 2.58 bits per heavy atom. The molecule has 2 aromatic carbocycles. The van der Waals surface area contributed by atoms with Crippen molar-refractivity contribution in [3.05, 3.63) is 53.1 Å². The number of benzene rings is 2. The molecule has 2 aliphatic heterocycles. The van der Waals surface area contributed by atoms with Crippen LogP contribution >= 0.6 is 11.6 Å². The van der Waals surface area contributed by atoms with Crippen LogP contribution in [0, 0.1) is 5.92 Å². The van der Waals surface area contributed by atoms with Gasteiger partial charge in [0.2, 0.25) is 5.91 Å². The van der Waals surface area contributed by atoms with Gasteiger partial charge in [0, 0.05) is 18.7 Å². The second-order valence-corrected chi connectivity index (χ2v) is 8.91. The Bertz CT molecular complexity index is 1160. The highest BCUT2D eigenvalue weighted by atomic mass is 35.5. The topological polar surface area (TPSA) is 102 Å². The first-order valence-electron chi connectivity index (χ1n) is 11.8. The van der Waals surface area contributed by atoms with Crippen LogP contribution in [0.1, 0.15) is 30.1 Å². The minimum Gasteiger partial charge on any atom is -0.484 e. The lowest BCUT2D eigenvalue weighted by molar-refractivity contribution is -0.151. The number of nitrogens with zero attached hydrogens (tertiary/aromatic N) is 2. The van der Waals surface area contributed by atoms with Gasteiger partial charge in [-0.3, -0.25) is 24.1 Å². The third kappa shape index (κ3) is 5.79. The van der Waals surface area contributed by atoms with Gasteiger partial charge in [-0.25, -0.2) is 0 Å². The van der Waals surface area contributed by atoms with E-state index in [1.165, 1.54) is 11.0 Å². The van der Waals surface area contributed by atoms with Gasteiger partial charge in [-0.15, -0.1) is 0 Å². The summed E-state index contributed by atoms with van der Waals surface area (Å²) in [5, 5.41) is 0.394. The number of piperidine rings is 1. The third-order valence-electron chi connectivity index (χ3n) is 6.18. The van der Waals surface area contributed by atoms with Crippen LogP contribution in [-0.4, -0.2) is 67.9 Å². The smallest absolute Gasteiger partial charge is 0.309 e. The van der Waals surface area contributed by atoms with Crippen LogP contribution in [0.5, 0.6) is 11.5 Å². The van der Waals surface area contributed by atoms with Gasteiger partial charge in [-0.05, 0) is 50.1 Å². The standard InChI is InChI=1S/C26H27ClN2O7/c1-2-34-26(33)17-9-11-28(12-10-17)24(31)14-29-20-13-18(7-8-23(20)36-16-25(29)32)21(30)15-35-22-6-4-3-5-19(22)27/h3-8,13,17H,2,9-12,14-16H2,1H3. The molecule has 0 aliphatic carbocycles. The predicted octanol–water partition coefficient (Wildman–Crippen LogP) is 3.13. The van der Waals surface area contributed by atoms with Gasteiger partial charge >= 0.3 is 5.97 Å². The van der Waals surface area contributed by atoms with E-state index < -0.39 is 0 Å². The number of ketones is 1. The fourth-order valence-corrected chi connectivity index (χ4v) is 4.39. The van der Waals surface area contributed by atoms with Gasteiger partial charge in [0.1, 0.15) is 18.0 Å². The van der Waals surface area contributed by atoms with E-state index in [4.69, 9.17) is 25.8 Å². The van der Waals surface area contributed by atoms with Gasteiger partial charge in [0.25, 0.3) is 5.91 Å². The molecule has 2 aliphatic rings. The van der Waals surface area contributed by atoms with Crippen molar-refractivity contribution >= 4 is 40.9 Å². The van der Waals surface area contributed by atoms with Crippen molar-refractivity contribution in [2.45, 2.75) is 19.8 Å². The molecule has 2 aromatic rings. The highest BCUT2D eigenvalue weighted by molar-refractivity contribution is 6.32. The van der Waals surface area contributed by atoms with E-state index in [-0.39, 0.29) is 49.2 Å². The second kappa shape index (κ2) is 11.4. The SMILES string of the molecule is CCOC(=O)C1CCN(C(=O)CN2C(=O)COc3ccc(C(=O)COc4ccccc4Cl)cc32)CC1. The van der Waals surface area contributed by atoms with E-state index in [1.54, 1.807) is 48.2 Å². The number of likely N-dealkylation sites (tertiary alicyclic amines) is 1. The van der Waals surface area contributed by atoms with Crippen molar-refractivity contribution in [1.29, 1.82) is 0 Å². The van der Waals surface area contributed by atoms with Crippen LogP contribution in [-0.2, 0) is 19.1 Å². The third-order valence-corrected chi connectivity index (χ3v) is 6.49. The molecule has 0 atom stereocenters. The van der Waals surface area contributed by atoms with Crippen molar-refractivity contribution < 1.29 is 33.4 Å². The monoisotopic (exact) mass is 514 g/mol. The molecule has 0 radical (unpaired) electrons. The number of halogens is 1. The highest BCUT2D eigenvalue weighted by Crippen LogP contribution is 2.33. The van der Waals surface area contributed by atoms with Crippen LogP contribution in [0.3, 0.4) is 0 Å². The van der Waals surface area contributed by atoms with Crippen LogP contribution in [0.2, 0.25) is 5.02 Å². The number of hydrogen-bond acceptors (Lipinski definition) is 7. The number of amides is 2. The highest BCUT2D eigenvalue weighted by Gasteiger charge is 2.32. The first-order chi connectivity index (χ1) is 17.4. The number of fused-ring (bicyclic) bond motifs is 1. The summed E-state index contributed by atoms with van der Waals surface area (Å²) in [6, 6.07) is 11.6. The lowest BCUT2D eigenvalue weighted by atomic mass is 9.97. The molecule has 190 valence electrons. The number of esters is 1. The molecular weight excluding hydrogens is 488 g/mol. The lowest BCUT2D eigenvalue weighted by Crippen LogP contribution is -2.49. The van der Waals surface area contributed by atoms with Gasteiger partial charge in [0.05, 0.1) is 23.2 Å². The van der Waals surface area contributed by atoms with E-state index in [2.05, 4.69) is 0 Å². The average molecular weight is 515 g/mol. The summed E-state index contributed by atoms with van der Waals surface area (Å²) in [6.45, 7) is 2.27. The fraction of sp³-hybridized carbons (Fsp3) is 0.385. The van der Waals surface area contributed by atoms with Crippen molar-refractivity contribution in [1.82, 2.24) is 4.90 Å². The normalized spacial score (nSPS) is 15.7. The van der Waals surface area contributed by atoms with Gasteiger partial charge in [-0.2, -0.15) is 0 Å². The van der Waals surface area contributed by atoms with Crippen LogP contribution in [0.25, 0.3) is 0 Å². The molecule has 0 N–H and O–H groups in total. The summed E-state index contributed by atoms with van der Waals surface area (Å²) in [6.07, 6.45) is 1.03. The Balaban J connectivity index is 1.42. The molecule has 10 heteroatoms. The lowest BCUT2D eigenvalue weighted by Gasteiger charge is -2.34. The number of para-hydroxylation sites is 1. The molecule has 4 rings (SSSR count). The molecule has 0 bridgehead atoms. The Morgan fingerprint density at radius 2 is 1.86 bits per heavy atom. The molecule has 1 saturated heterocycles. The summed E-state index contributed by atoms with van der Waals surface area (Å²) in [7, 11) is 0. The number of ether oxygens (including phenoxy) is 3. The summed E-state index contributed by atoms with van der Waals surface area (Å²) < 4.78 is 16.1. The molecule has 36 heavy (non-hydrogen) atoms. The van der Waals surface area contributed by atoms with Crippen molar-refractivity contribution in [2.24, 2.45) is 5.92 Å². The molecule has 0 aromatic heterocycles. The van der Waals surface area contributed by atoms with E-state index in [1.807, 2.05) is 0 Å². The maximum atomic E-state index is 13.0. The minimum atomic E-state index is -0.380. The summed E-state index contributed by atoms with van der Waals surface area (Å²) in [5.41, 5.74) is 0.663. The molecule has 2 heterocycles. The zero-order chi connectivity index (χ0) is 25.7. The summed E-state index contributed by atoms with van der Waals surface area (Å²) >= 11 is 6.08. The Labute approximate surface area is 213 Å². The first kappa shape index (κ1) is 25.5. The fourth-order valence-electron chi connectivity index (χ4n) is 4.20. The molecular formula is C26H27ClN2O7. The van der Waals surface area contributed by atoms with Crippen molar-refractivity contribution in [3.8, 4) is 11.5 Å². The predicted molar refractivity (Wildman–Crippen MR) is 132 cm³/mol. The number of hydrogen-bond donors (Lipinski definition) is 0. The molecule has 0 saturated carbocycles. The quantitative estimate of drug-likeness (QED) is 0.394. The molecule has 0 unspecified atom stereocenters. The van der Waals surface area contributed by atoms with Crippen LogP contribution < -0.4 is 14.4 Å². The Hall–Kier alpha value is -3.59. The maximum Gasteiger partial charge on any atom is 0.309 e. The van der Waals surface area contributed by atoms with E-state index in [9.17, 15) is 19.2 Å². The minimum absolute atomic E-state index is 0.187. The number of carbonyl (C=O) groups excluding carboxylic acids is 4. The van der Waals surface area contributed by atoms with E-state index in [0.29, 0.717) is 60.3 Å². The van der Waals surface area contributed by atoms with Gasteiger partial charge < -0.3 is 19.1 Å². The average Bonchev–Trinajstić information content (AvgIpc) is 2.89. The first-order valence-corrected chi connectivity index (χ1v) is 12.2. The number of anilines is 1. The van der Waals surface area contributed by atoms with Crippen LogP contribution in [0.4, 0.5) is 5.69 Å². The van der Waals surface area contributed by atoms with Crippen molar-refractivity contribution in [2.75, 3.05) is 44.4 Å². The number of carbonyl (C=O) groups is 4. The Morgan fingerprint density at radius 1 is 1.11 bits per heavy atom. The van der Waals surface area contributed by atoms with Gasteiger partial charge in [0.15, 0.2) is 19.0 Å².